The fourth-order valence-electron chi connectivity index (χ4n) is 3.89. The molecule has 1 saturated heterocycles. The summed E-state index contributed by atoms with van der Waals surface area (Å²) in [6.45, 7) is 0.0883. The lowest BCUT2D eigenvalue weighted by Crippen LogP contribution is -3.12. The Morgan fingerprint density at radius 1 is 1.21 bits per heavy atom. The zero-order valence-electron chi connectivity index (χ0n) is 15.7. The molecule has 1 N–H and O–H groups in total. The van der Waals surface area contributed by atoms with E-state index in [1.54, 1.807) is 23.5 Å². The van der Waals surface area contributed by atoms with Crippen molar-refractivity contribution in [2.75, 3.05) is 20.2 Å². The Hall–Kier alpha value is -2.25. The van der Waals surface area contributed by atoms with Gasteiger partial charge in [0.05, 0.1) is 36.3 Å². The van der Waals surface area contributed by atoms with Gasteiger partial charge in [0.2, 0.25) is 0 Å². The summed E-state index contributed by atoms with van der Waals surface area (Å²) in [5.41, 5.74) is 2.13. The Morgan fingerprint density at radius 3 is 2.86 bits per heavy atom. The van der Waals surface area contributed by atoms with E-state index < -0.39 is 6.61 Å². The Labute approximate surface area is 166 Å². The number of likely N-dealkylation sites (tertiary alicyclic amines) is 1. The highest BCUT2D eigenvalue weighted by atomic mass is 32.1. The molecule has 4 nitrogen and oxygen atoms in total. The molecular formula is C21H23F2N2O2S+. The van der Waals surface area contributed by atoms with Crippen LogP contribution in [0.3, 0.4) is 0 Å². The van der Waals surface area contributed by atoms with Crippen LogP contribution in [0.15, 0.2) is 42.5 Å². The number of fused-ring (bicyclic) bond motifs is 1. The summed E-state index contributed by atoms with van der Waals surface area (Å²) >= 11 is 1.79. The van der Waals surface area contributed by atoms with Gasteiger partial charge in [-0.2, -0.15) is 8.78 Å². The molecule has 0 spiro atoms. The van der Waals surface area contributed by atoms with Crippen molar-refractivity contribution in [2.24, 2.45) is 0 Å². The number of hydrogen-bond donors (Lipinski definition) is 1. The maximum Gasteiger partial charge on any atom is 0.387 e. The number of alkyl halides is 2. The number of nitrogens with one attached hydrogen (secondary N) is 1. The van der Waals surface area contributed by atoms with E-state index in [9.17, 15) is 8.78 Å². The molecule has 28 heavy (non-hydrogen) atoms. The average molecular weight is 405 g/mol. The van der Waals surface area contributed by atoms with Crippen molar-refractivity contribution >= 4 is 21.6 Å². The molecule has 1 aromatic heterocycles. The van der Waals surface area contributed by atoms with E-state index in [0.717, 1.165) is 43.6 Å². The van der Waals surface area contributed by atoms with Crippen LogP contribution in [0.5, 0.6) is 11.5 Å². The van der Waals surface area contributed by atoms with Gasteiger partial charge in [0.1, 0.15) is 11.6 Å². The van der Waals surface area contributed by atoms with Gasteiger partial charge in [0.15, 0.2) is 11.5 Å². The minimum Gasteiger partial charge on any atom is -0.493 e. The van der Waals surface area contributed by atoms with E-state index in [1.807, 2.05) is 12.1 Å². The van der Waals surface area contributed by atoms with E-state index >= 15 is 0 Å². The smallest absolute Gasteiger partial charge is 0.387 e. The van der Waals surface area contributed by atoms with E-state index in [0.29, 0.717) is 11.7 Å². The summed E-state index contributed by atoms with van der Waals surface area (Å²) in [4.78, 5) is 6.31. The summed E-state index contributed by atoms with van der Waals surface area (Å²) in [7, 11) is 1.47. The maximum atomic E-state index is 12.5. The molecule has 0 aliphatic carbocycles. The van der Waals surface area contributed by atoms with Gasteiger partial charge in [-0.25, -0.2) is 4.98 Å². The average Bonchev–Trinajstić information content (AvgIpc) is 3.13. The fourth-order valence-corrected chi connectivity index (χ4v) is 4.99. The lowest BCUT2D eigenvalue weighted by molar-refractivity contribution is -0.920. The molecule has 7 heteroatoms. The molecule has 2 heterocycles. The third-order valence-electron chi connectivity index (χ3n) is 5.18. The second-order valence-corrected chi connectivity index (χ2v) is 8.17. The van der Waals surface area contributed by atoms with E-state index in [4.69, 9.17) is 9.72 Å². The minimum atomic E-state index is -2.86. The molecule has 0 bridgehead atoms. The molecule has 1 unspecified atom stereocenters. The first-order valence-electron chi connectivity index (χ1n) is 9.43. The number of hydrogen-bond acceptors (Lipinski definition) is 4. The molecule has 1 aliphatic rings. The molecule has 1 aliphatic heterocycles. The summed E-state index contributed by atoms with van der Waals surface area (Å²) in [6, 6.07) is 13.5. The predicted molar refractivity (Wildman–Crippen MR) is 106 cm³/mol. The number of thiazole rings is 1. The molecule has 3 aromatic rings. The minimum absolute atomic E-state index is 0.0715. The van der Waals surface area contributed by atoms with Crippen LogP contribution in [0.1, 0.15) is 29.3 Å². The van der Waals surface area contributed by atoms with Crippen LogP contribution in [0.25, 0.3) is 10.2 Å². The van der Waals surface area contributed by atoms with Crippen molar-refractivity contribution in [1.29, 1.82) is 0 Å². The first kappa shape index (κ1) is 19.1. The van der Waals surface area contributed by atoms with E-state index in [-0.39, 0.29) is 5.75 Å². The predicted octanol–water partition coefficient (Wildman–Crippen LogP) is 3.87. The maximum absolute atomic E-state index is 12.5. The fraction of sp³-hybridized carbons (Fsp3) is 0.381. The van der Waals surface area contributed by atoms with Gasteiger partial charge >= 0.3 is 6.61 Å². The number of quaternary nitrogens is 1. The molecule has 2 aromatic carbocycles. The number of para-hydroxylation sites is 1. The van der Waals surface area contributed by atoms with Gasteiger partial charge in [0.25, 0.3) is 0 Å². The zero-order chi connectivity index (χ0) is 19.5. The van der Waals surface area contributed by atoms with Crippen molar-refractivity contribution in [3.8, 4) is 11.5 Å². The SMILES string of the molecule is COc1cc(C[NH+]2CCC[C@H](c3nc4ccccc4s3)C2)ccc1OC(F)F. The van der Waals surface area contributed by atoms with Gasteiger partial charge in [-0.3, -0.25) is 0 Å². The normalized spacial score (nSPS) is 19.9. The number of aromatic nitrogens is 1. The molecular weight excluding hydrogens is 382 g/mol. The Morgan fingerprint density at radius 2 is 2.07 bits per heavy atom. The molecule has 0 saturated carbocycles. The second-order valence-electron chi connectivity index (χ2n) is 7.10. The van der Waals surface area contributed by atoms with Crippen molar-refractivity contribution in [1.82, 2.24) is 4.98 Å². The van der Waals surface area contributed by atoms with Gasteiger partial charge in [0, 0.05) is 5.56 Å². The topological polar surface area (TPSA) is 35.8 Å². The number of nitrogens with zero attached hydrogens (tertiary/aromatic N) is 1. The molecule has 148 valence electrons. The monoisotopic (exact) mass is 405 g/mol. The van der Waals surface area contributed by atoms with Crippen LogP contribution in [0.4, 0.5) is 8.78 Å². The number of rotatable bonds is 6. The second kappa shape index (κ2) is 8.41. The molecule has 0 amide bonds. The van der Waals surface area contributed by atoms with Crippen LogP contribution >= 0.6 is 11.3 Å². The molecule has 2 atom stereocenters. The number of halogens is 2. The highest BCUT2D eigenvalue weighted by molar-refractivity contribution is 7.18. The van der Waals surface area contributed by atoms with Gasteiger partial charge in [-0.1, -0.05) is 12.1 Å². The Balaban J connectivity index is 1.46. The van der Waals surface area contributed by atoms with E-state index in [1.165, 1.54) is 21.7 Å². The largest absolute Gasteiger partial charge is 0.493 e. The van der Waals surface area contributed by atoms with Crippen molar-refractivity contribution < 1.29 is 23.2 Å². The Kier molecular flexibility index (Phi) is 5.73. The van der Waals surface area contributed by atoms with Crippen LogP contribution in [-0.2, 0) is 6.54 Å². The third kappa shape index (κ3) is 4.25. The lowest BCUT2D eigenvalue weighted by Gasteiger charge is -2.29. The summed E-state index contributed by atoms with van der Waals surface area (Å²) in [5.74, 6) is 0.878. The summed E-state index contributed by atoms with van der Waals surface area (Å²) in [5, 5.41) is 1.22. The first-order chi connectivity index (χ1) is 13.6. The highest BCUT2D eigenvalue weighted by Gasteiger charge is 2.27. The van der Waals surface area contributed by atoms with Crippen LogP contribution in [-0.4, -0.2) is 31.8 Å². The van der Waals surface area contributed by atoms with Crippen molar-refractivity contribution in [2.45, 2.75) is 31.9 Å². The molecule has 0 radical (unpaired) electrons. The molecule has 4 rings (SSSR count). The Bertz CT molecular complexity index is 914. The molecule has 1 fully saturated rings. The van der Waals surface area contributed by atoms with Crippen molar-refractivity contribution in [3.63, 3.8) is 0 Å². The summed E-state index contributed by atoms with van der Waals surface area (Å²) in [6.07, 6.45) is 2.31. The van der Waals surface area contributed by atoms with Crippen LogP contribution < -0.4 is 14.4 Å². The zero-order valence-corrected chi connectivity index (χ0v) is 16.5. The van der Waals surface area contributed by atoms with Gasteiger partial charge in [-0.15, -0.1) is 11.3 Å². The first-order valence-corrected chi connectivity index (χ1v) is 10.2. The number of methoxy groups -OCH3 is 1. The van der Waals surface area contributed by atoms with Crippen LogP contribution in [0.2, 0.25) is 0 Å². The number of piperidine rings is 1. The quantitative estimate of drug-likeness (QED) is 0.676. The van der Waals surface area contributed by atoms with Gasteiger partial charge < -0.3 is 14.4 Å². The highest BCUT2D eigenvalue weighted by Crippen LogP contribution is 2.31. The van der Waals surface area contributed by atoms with E-state index in [2.05, 4.69) is 22.9 Å². The van der Waals surface area contributed by atoms with Gasteiger partial charge in [-0.05, 0) is 43.2 Å². The number of ether oxygens (including phenoxy) is 2. The third-order valence-corrected chi connectivity index (χ3v) is 6.37. The summed E-state index contributed by atoms with van der Waals surface area (Å²) < 4.78 is 36.0. The number of benzene rings is 2. The standard InChI is InChI=1S/C21H22F2N2O2S/c1-26-18-11-14(8-9-17(18)27-21(22)23)12-25-10-4-5-15(13-25)20-24-16-6-2-3-7-19(16)28-20/h2-3,6-9,11,15,21H,4-5,10,12-13H2,1H3/p+1/t15-/m0/s1. The lowest BCUT2D eigenvalue weighted by atomic mass is 9.98. The van der Waals surface area contributed by atoms with Crippen LogP contribution in [0, 0.1) is 0 Å². The van der Waals surface area contributed by atoms with Crippen molar-refractivity contribution in [3.05, 3.63) is 53.0 Å².